The summed E-state index contributed by atoms with van der Waals surface area (Å²) in [6, 6.07) is 16.1. The zero-order valence-corrected chi connectivity index (χ0v) is 17.5. The molecule has 0 aliphatic carbocycles. The highest BCUT2D eigenvalue weighted by Crippen LogP contribution is 2.35. The van der Waals surface area contributed by atoms with Gasteiger partial charge in [0.15, 0.2) is 0 Å². The van der Waals surface area contributed by atoms with Crippen LogP contribution in [-0.2, 0) is 6.42 Å². The van der Waals surface area contributed by atoms with Crippen LogP contribution in [0.1, 0.15) is 55.5 Å². The molecule has 0 saturated carbocycles. The van der Waals surface area contributed by atoms with E-state index in [1.807, 2.05) is 0 Å². The number of fused-ring (bicyclic) bond motifs is 1. The maximum absolute atomic E-state index is 2.38. The molecule has 3 aromatic carbocycles. The zero-order chi connectivity index (χ0) is 19.6. The van der Waals surface area contributed by atoms with Crippen molar-refractivity contribution in [3.8, 4) is 11.1 Å². The summed E-state index contributed by atoms with van der Waals surface area (Å²) in [4.78, 5) is 0. The van der Waals surface area contributed by atoms with Gasteiger partial charge in [-0.05, 0) is 103 Å². The smallest absolute Gasteiger partial charge is 0.0102 e. The highest BCUT2D eigenvalue weighted by Gasteiger charge is 2.11. The van der Waals surface area contributed by atoms with Crippen LogP contribution in [0.3, 0.4) is 0 Å². The van der Waals surface area contributed by atoms with Gasteiger partial charge in [-0.25, -0.2) is 0 Å². The molecule has 0 N–H and O–H groups in total. The van der Waals surface area contributed by atoms with Crippen molar-refractivity contribution in [3.63, 3.8) is 0 Å². The molecule has 0 fully saturated rings. The summed E-state index contributed by atoms with van der Waals surface area (Å²) < 4.78 is 0. The van der Waals surface area contributed by atoms with Crippen molar-refractivity contribution in [2.45, 2.75) is 48.0 Å². The highest BCUT2D eigenvalue weighted by atomic mass is 14.2. The molecular formula is C27H30. The molecular weight excluding hydrogens is 324 g/mol. The molecule has 0 bridgehead atoms. The second-order valence-electron chi connectivity index (χ2n) is 7.66. The second kappa shape index (κ2) is 7.96. The maximum Gasteiger partial charge on any atom is -0.0102 e. The molecule has 0 atom stereocenters. The fraction of sp³-hybridized carbons (Fsp3) is 0.259. The fourth-order valence-electron chi connectivity index (χ4n) is 3.70. The molecule has 0 nitrogen and oxygen atoms in total. The number of benzene rings is 3. The van der Waals surface area contributed by atoms with E-state index in [4.69, 9.17) is 0 Å². The molecule has 0 amide bonds. The SMILES string of the molecule is C/C=C/c1cc2cc(C)c(C)c(C=C(C)C)c2cc1-c1ccc(CC)cc1. The van der Waals surface area contributed by atoms with Crippen molar-refractivity contribution in [2.75, 3.05) is 0 Å². The van der Waals surface area contributed by atoms with E-state index in [0.717, 1.165) is 6.42 Å². The van der Waals surface area contributed by atoms with Gasteiger partial charge in [0.1, 0.15) is 0 Å². The van der Waals surface area contributed by atoms with E-state index < -0.39 is 0 Å². The van der Waals surface area contributed by atoms with E-state index in [9.17, 15) is 0 Å². The van der Waals surface area contributed by atoms with Crippen LogP contribution in [0.15, 0.2) is 54.1 Å². The van der Waals surface area contributed by atoms with Crippen molar-refractivity contribution in [1.29, 1.82) is 0 Å². The summed E-state index contributed by atoms with van der Waals surface area (Å²) in [5.41, 5.74) is 10.6. The van der Waals surface area contributed by atoms with E-state index in [2.05, 4.69) is 102 Å². The predicted octanol–water partition coefficient (Wildman–Crippen LogP) is 8.14. The molecule has 138 valence electrons. The topological polar surface area (TPSA) is 0 Å². The molecule has 0 heterocycles. The zero-order valence-electron chi connectivity index (χ0n) is 17.5. The molecule has 0 aliphatic heterocycles. The van der Waals surface area contributed by atoms with Gasteiger partial charge >= 0.3 is 0 Å². The van der Waals surface area contributed by atoms with Crippen LogP contribution in [0, 0.1) is 13.8 Å². The first-order valence-corrected chi connectivity index (χ1v) is 9.89. The van der Waals surface area contributed by atoms with Gasteiger partial charge in [0, 0.05) is 0 Å². The minimum Gasteiger partial charge on any atom is -0.0870 e. The van der Waals surface area contributed by atoms with Crippen LogP contribution >= 0.6 is 0 Å². The van der Waals surface area contributed by atoms with E-state index in [1.165, 1.54) is 55.3 Å². The van der Waals surface area contributed by atoms with Crippen LogP contribution in [-0.4, -0.2) is 0 Å². The first-order chi connectivity index (χ1) is 12.9. The predicted molar refractivity (Wildman–Crippen MR) is 122 cm³/mol. The molecule has 3 rings (SSSR count). The lowest BCUT2D eigenvalue weighted by Gasteiger charge is -2.15. The summed E-state index contributed by atoms with van der Waals surface area (Å²) >= 11 is 0. The standard InChI is InChI=1S/C27H30/c1-7-9-23-16-24-15-19(5)20(6)25(14-18(3)4)27(24)17-26(23)22-12-10-21(8-2)11-13-22/h7,9-17H,8H2,1-6H3/b9-7+. The average Bonchev–Trinajstić information content (AvgIpc) is 2.65. The van der Waals surface area contributed by atoms with Crippen molar-refractivity contribution in [2.24, 2.45) is 0 Å². The monoisotopic (exact) mass is 354 g/mol. The van der Waals surface area contributed by atoms with E-state index in [1.54, 1.807) is 0 Å². The quantitative estimate of drug-likeness (QED) is 0.443. The normalized spacial score (nSPS) is 11.3. The Morgan fingerprint density at radius 1 is 0.963 bits per heavy atom. The Bertz CT molecular complexity index is 1020. The van der Waals surface area contributed by atoms with Crippen LogP contribution in [0.4, 0.5) is 0 Å². The van der Waals surface area contributed by atoms with Gasteiger partial charge in [-0.1, -0.05) is 61.1 Å². The number of aryl methyl sites for hydroxylation is 2. The van der Waals surface area contributed by atoms with E-state index >= 15 is 0 Å². The number of hydrogen-bond acceptors (Lipinski definition) is 0. The molecule has 0 aliphatic rings. The van der Waals surface area contributed by atoms with Gasteiger partial charge in [-0.3, -0.25) is 0 Å². The number of allylic oxidation sites excluding steroid dienone is 2. The van der Waals surface area contributed by atoms with Crippen LogP contribution < -0.4 is 0 Å². The Hall–Kier alpha value is -2.60. The second-order valence-corrected chi connectivity index (χ2v) is 7.66. The summed E-state index contributed by atoms with van der Waals surface area (Å²) in [6.07, 6.45) is 7.74. The van der Waals surface area contributed by atoms with Crippen LogP contribution in [0.2, 0.25) is 0 Å². The maximum atomic E-state index is 2.38. The van der Waals surface area contributed by atoms with Crippen molar-refractivity contribution < 1.29 is 0 Å². The Morgan fingerprint density at radius 2 is 1.67 bits per heavy atom. The lowest BCUT2D eigenvalue weighted by Crippen LogP contribution is -1.93. The Labute approximate surface area is 164 Å². The molecule has 0 unspecified atom stereocenters. The molecule has 3 aromatic rings. The Balaban J connectivity index is 2.36. The van der Waals surface area contributed by atoms with Gasteiger partial charge < -0.3 is 0 Å². The molecule has 0 spiro atoms. The minimum atomic E-state index is 1.07. The lowest BCUT2D eigenvalue weighted by atomic mass is 9.89. The van der Waals surface area contributed by atoms with Crippen molar-refractivity contribution in [1.82, 2.24) is 0 Å². The molecule has 27 heavy (non-hydrogen) atoms. The largest absolute Gasteiger partial charge is 0.0870 e. The molecule has 0 radical (unpaired) electrons. The number of rotatable bonds is 4. The molecule has 0 saturated heterocycles. The van der Waals surface area contributed by atoms with E-state index in [-0.39, 0.29) is 0 Å². The van der Waals surface area contributed by atoms with Gasteiger partial charge in [0.2, 0.25) is 0 Å². The third-order valence-electron chi connectivity index (χ3n) is 5.33. The summed E-state index contributed by atoms with van der Waals surface area (Å²) in [7, 11) is 0. The Kier molecular flexibility index (Phi) is 5.65. The summed E-state index contributed by atoms with van der Waals surface area (Å²) in [5.74, 6) is 0. The van der Waals surface area contributed by atoms with Crippen molar-refractivity contribution in [3.05, 3.63) is 81.9 Å². The third kappa shape index (κ3) is 3.90. The minimum absolute atomic E-state index is 1.07. The molecule has 0 heteroatoms. The molecule has 0 aromatic heterocycles. The Morgan fingerprint density at radius 3 is 2.26 bits per heavy atom. The van der Waals surface area contributed by atoms with Crippen LogP contribution in [0.25, 0.3) is 34.1 Å². The van der Waals surface area contributed by atoms with Crippen molar-refractivity contribution >= 4 is 22.9 Å². The van der Waals surface area contributed by atoms with Gasteiger partial charge in [-0.15, -0.1) is 0 Å². The van der Waals surface area contributed by atoms with E-state index in [0.29, 0.717) is 0 Å². The fourth-order valence-corrected chi connectivity index (χ4v) is 3.70. The summed E-state index contributed by atoms with van der Waals surface area (Å²) in [6.45, 7) is 13.1. The van der Waals surface area contributed by atoms with Gasteiger partial charge in [0.05, 0.1) is 0 Å². The first-order valence-electron chi connectivity index (χ1n) is 9.89. The average molecular weight is 355 g/mol. The van der Waals surface area contributed by atoms with Gasteiger partial charge in [0.25, 0.3) is 0 Å². The van der Waals surface area contributed by atoms with Crippen LogP contribution in [0.5, 0.6) is 0 Å². The highest BCUT2D eigenvalue weighted by molar-refractivity contribution is 5.98. The summed E-state index contributed by atoms with van der Waals surface area (Å²) in [5, 5.41) is 2.65. The first kappa shape index (κ1) is 19.2. The lowest BCUT2D eigenvalue weighted by molar-refractivity contribution is 1.14. The third-order valence-corrected chi connectivity index (χ3v) is 5.33. The van der Waals surface area contributed by atoms with Gasteiger partial charge in [-0.2, -0.15) is 0 Å². The number of hydrogen-bond donors (Lipinski definition) is 0.